The number of carbonyl (C=O) groups excluding carboxylic acids is 1. The van der Waals surface area contributed by atoms with Gasteiger partial charge in [0.05, 0.1) is 12.8 Å². The number of anilines is 1. The van der Waals surface area contributed by atoms with E-state index < -0.39 is 11.9 Å². The van der Waals surface area contributed by atoms with Gasteiger partial charge in [0.1, 0.15) is 12.1 Å². The van der Waals surface area contributed by atoms with Crippen LogP contribution in [-0.4, -0.2) is 18.1 Å². The number of nitrogens with two attached hydrogens (primary N) is 1. The van der Waals surface area contributed by atoms with E-state index >= 15 is 0 Å². The second-order valence-electron chi connectivity index (χ2n) is 2.63. The van der Waals surface area contributed by atoms with Crippen LogP contribution in [-0.2, 0) is 9.53 Å². The topological polar surface area (TPSA) is 65.2 Å². The van der Waals surface area contributed by atoms with Crippen molar-refractivity contribution in [3.05, 3.63) is 23.8 Å². The maximum absolute atomic E-state index is 12.7. The van der Waals surface area contributed by atoms with Crippen molar-refractivity contribution in [1.82, 2.24) is 4.98 Å². The number of nitrogens with zero attached hydrogens (tertiary/aromatic N) is 1. The first-order chi connectivity index (χ1) is 7.13. The molecule has 78 valence electrons. The van der Waals surface area contributed by atoms with Crippen LogP contribution < -0.4 is 5.73 Å². The van der Waals surface area contributed by atoms with Gasteiger partial charge in [-0.3, -0.25) is 4.79 Å². The average molecular weight is 208 g/mol. The Morgan fingerprint density at radius 3 is 3.07 bits per heavy atom. The molecule has 0 fully saturated rings. The fourth-order valence-electron chi connectivity index (χ4n) is 0.818. The molecule has 1 aromatic rings. The molecule has 0 atom stereocenters. The number of rotatable bonds is 1. The van der Waals surface area contributed by atoms with Gasteiger partial charge in [-0.25, -0.2) is 4.98 Å². The van der Waals surface area contributed by atoms with Gasteiger partial charge in [-0.15, -0.1) is 0 Å². The van der Waals surface area contributed by atoms with Gasteiger partial charge in [-0.2, -0.15) is 4.39 Å². The highest BCUT2D eigenvalue weighted by Crippen LogP contribution is 2.07. The van der Waals surface area contributed by atoms with Crippen molar-refractivity contribution in [1.29, 1.82) is 0 Å². The molecule has 0 radical (unpaired) electrons. The van der Waals surface area contributed by atoms with Crippen molar-refractivity contribution in [2.75, 3.05) is 12.8 Å². The first kappa shape index (κ1) is 11.0. The number of ether oxygens (including phenoxy) is 1. The highest BCUT2D eigenvalue weighted by atomic mass is 19.1. The lowest BCUT2D eigenvalue weighted by Crippen LogP contribution is -1.98. The number of nitrogen functional groups attached to an aromatic ring is 1. The maximum atomic E-state index is 12.7. The molecule has 1 aromatic heterocycles. The van der Waals surface area contributed by atoms with Gasteiger partial charge < -0.3 is 10.5 Å². The van der Waals surface area contributed by atoms with Crippen LogP contribution in [0.25, 0.3) is 0 Å². The molecular weight excluding hydrogens is 199 g/mol. The highest BCUT2D eigenvalue weighted by Gasteiger charge is 1.99. The van der Waals surface area contributed by atoms with Crippen molar-refractivity contribution >= 4 is 11.7 Å². The van der Waals surface area contributed by atoms with E-state index in [-0.39, 0.29) is 17.8 Å². The molecule has 0 saturated heterocycles. The number of hydrogen-bond donors (Lipinski definition) is 1. The molecule has 2 N–H and O–H groups in total. The first-order valence-corrected chi connectivity index (χ1v) is 4.11. The van der Waals surface area contributed by atoms with Crippen LogP contribution >= 0.6 is 0 Å². The second kappa shape index (κ2) is 4.96. The zero-order valence-electron chi connectivity index (χ0n) is 8.08. The minimum Gasteiger partial charge on any atom is -0.468 e. The summed E-state index contributed by atoms with van der Waals surface area (Å²) in [4.78, 5) is 14.2. The van der Waals surface area contributed by atoms with Crippen LogP contribution in [0.2, 0.25) is 0 Å². The van der Waals surface area contributed by atoms with Gasteiger partial charge in [-0.05, 0) is 18.1 Å². The van der Waals surface area contributed by atoms with Gasteiger partial charge in [0, 0.05) is 0 Å². The third kappa shape index (κ3) is 3.27. The van der Waals surface area contributed by atoms with Crippen molar-refractivity contribution in [3.8, 4) is 11.8 Å². The van der Waals surface area contributed by atoms with Gasteiger partial charge >= 0.3 is 5.97 Å². The largest absolute Gasteiger partial charge is 0.468 e. The van der Waals surface area contributed by atoms with Crippen LogP contribution in [0.4, 0.5) is 10.1 Å². The fourth-order valence-corrected chi connectivity index (χ4v) is 0.818. The number of carbonyl (C=O) groups is 1. The van der Waals surface area contributed by atoms with Crippen LogP contribution in [0.5, 0.6) is 0 Å². The Kier molecular flexibility index (Phi) is 3.63. The van der Waals surface area contributed by atoms with E-state index in [4.69, 9.17) is 5.73 Å². The van der Waals surface area contributed by atoms with Crippen molar-refractivity contribution in [2.45, 2.75) is 6.42 Å². The molecule has 0 bridgehead atoms. The fraction of sp³-hybridized carbons (Fsp3) is 0.200. The molecule has 4 nitrogen and oxygen atoms in total. The number of halogens is 1. The van der Waals surface area contributed by atoms with Crippen molar-refractivity contribution in [3.63, 3.8) is 0 Å². The summed E-state index contributed by atoms with van der Waals surface area (Å²) in [7, 11) is 1.26. The monoisotopic (exact) mass is 208 g/mol. The molecule has 0 aliphatic rings. The van der Waals surface area contributed by atoms with E-state index in [2.05, 4.69) is 21.6 Å². The molecule has 0 aliphatic carbocycles. The summed E-state index contributed by atoms with van der Waals surface area (Å²) >= 11 is 0. The summed E-state index contributed by atoms with van der Waals surface area (Å²) in [6, 6.07) is 2.51. The zero-order valence-corrected chi connectivity index (χ0v) is 8.08. The predicted molar refractivity (Wildman–Crippen MR) is 52.1 cm³/mol. The minimum absolute atomic E-state index is 0.0753. The SMILES string of the molecule is COC(=O)CC#Cc1nc(F)ccc1N. The Balaban J connectivity index is 2.79. The molecule has 1 rings (SSSR count). The van der Waals surface area contributed by atoms with E-state index in [0.717, 1.165) is 6.07 Å². The number of pyridine rings is 1. The Labute approximate surface area is 86.3 Å². The number of hydrogen-bond acceptors (Lipinski definition) is 4. The Bertz CT molecular complexity index is 435. The summed E-state index contributed by atoms with van der Waals surface area (Å²) in [5.41, 5.74) is 5.89. The van der Waals surface area contributed by atoms with E-state index in [9.17, 15) is 9.18 Å². The minimum atomic E-state index is -0.661. The summed E-state index contributed by atoms with van der Waals surface area (Å²) in [6.07, 6.45) is -0.0753. The maximum Gasteiger partial charge on any atom is 0.317 e. The molecular formula is C10H9FN2O2. The lowest BCUT2D eigenvalue weighted by atomic mass is 10.3. The summed E-state index contributed by atoms with van der Waals surface area (Å²) in [5.74, 6) is 3.86. The lowest BCUT2D eigenvalue weighted by Gasteiger charge is -1.95. The van der Waals surface area contributed by atoms with Gasteiger partial charge in [0.25, 0.3) is 0 Å². The summed E-state index contributed by atoms with van der Waals surface area (Å²) in [6.45, 7) is 0. The quantitative estimate of drug-likeness (QED) is 0.419. The third-order valence-corrected chi connectivity index (χ3v) is 1.56. The lowest BCUT2D eigenvalue weighted by molar-refractivity contribution is -0.139. The van der Waals surface area contributed by atoms with Crippen molar-refractivity contribution < 1.29 is 13.9 Å². The van der Waals surface area contributed by atoms with Gasteiger partial charge in [-0.1, -0.05) is 5.92 Å². The normalized spacial score (nSPS) is 8.93. The predicted octanol–water partition coefficient (Wildman–Crippen LogP) is 0.717. The molecule has 0 saturated carbocycles. The van der Waals surface area contributed by atoms with Gasteiger partial charge in [0.15, 0.2) is 0 Å². The van der Waals surface area contributed by atoms with E-state index in [0.29, 0.717) is 0 Å². The summed E-state index contributed by atoms with van der Waals surface area (Å²) in [5, 5.41) is 0. The average Bonchev–Trinajstić information content (AvgIpc) is 2.23. The van der Waals surface area contributed by atoms with Crippen LogP contribution in [0.15, 0.2) is 12.1 Å². The molecule has 0 spiro atoms. The van der Waals surface area contributed by atoms with E-state index in [1.165, 1.54) is 13.2 Å². The zero-order chi connectivity index (χ0) is 11.3. The van der Waals surface area contributed by atoms with Crippen LogP contribution in [0.3, 0.4) is 0 Å². The van der Waals surface area contributed by atoms with Crippen LogP contribution in [0.1, 0.15) is 12.1 Å². The number of methoxy groups -OCH3 is 1. The highest BCUT2D eigenvalue weighted by molar-refractivity contribution is 5.72. The molecule has 0 aliphatic heterocycles. The Morgan fingerprint density at radius 1 is 1.67 bits per heavy atom. The Morgan fingerprint density at radius 2 is 2.40 bits per heavy atom. The van der Waals surface area contributed by atoms with E-state index in [1.807, 2.05) is 0 Å². The molecule has 15 heavy (non-hydrogen) atoms. The summed E-state index contributed by atoms with van der Waals surface area (Å²) < 4.78 is 17.0. The third-order valence-electron chi connectivity index (χ3n) is 1.56. The van der Waals surface area contributed by atoms with Crippen LogP contribution in [0, 0.1) is 17.8 Å². The number of esters is 1. The molecule has 1 heterocycles. The molecule has 0 aromatic carbocycles. The van der Waals surface area contributed by atoms with E-state index in [1.54, 1.807) is 0 Å². The smallest absolute Gasteiger partial charge is 0.317 e. The second-order valence-corrected chi connectivity index (χ2v) is 2.63. The number of aromatic nitrogens is 1. The standard InChI is InChI=1S/C10H9FN2O2/c1-15-10(14)4-2-3-8-7(12)5-6-9(11)13-8/h5-6H,4,12H2,1H3. The Hall–Kier alpha value is -2.09. The van der Waals surface area contributed by atoms with Gasteiger partial charge in [0.2, 0.25) is 5.95 Å². The molecule has 5 heteroatoms. The molecule has 0 unspecified atom stereocenters. The molecule has 0 amide bonds. The first-order valence-electron chi connectivity index (χ1n) is 4.11. The van der Waals surface area contributed by atoms with Crippen molar-refractivity contribution in [2.24, 2.45) is 0 Å².